The minimum Gasteiger partial charge on any atom is -0.481 e. The molecule has 3 N–H and O–H groups in total. The first kappa shape index (κ1) is 23.4. The number of carbonyl (C=O) groups excluding carboxylic acids is 2. The highest BCUT2D eigenvalue weighted by atomic mass is 35.5. The van der Waals surface area contributed by atoms with E-state index in [2.05, 4.69) is 10.6 Å². The molecule has 6 nitrogen and oxygen atoms in total. The SMILES string of the molecule is O=C(O)CCC(=O)Nc1ccc(SC(C(=O)Nc2cccc(Cl)c2)c2ccccc2)cc1. The lowest BCUT2D eigenvalue weighted by molar-refractivity contribution is -0.138. The summed E-state index contributed by atoms with van der Waals surface area (Å²) in [6.07, 6.45) is -0.314. The van der Waals surface area contributed by atoms with Crippen LogP contribution in [0.4, 0.5) is 11.4 Å². The van der Waals surface area contributed by atoms with Gasteiger partial charge in [-0.25, -0.2) is 0 Å². The number of hydrogen-bond donors (Lipinski definition) is 3. The van der Waals surface area contributed by atoms with Gasteiger partial charge in [-0.15, -0.1) is 11.8 Å². The van der Waals surface area contributed by atoms with Gasteiger partial charge in [0.1, 0.15) is 5.25 Å². The largest absolute Gasteiger partial charge is 0.481 e. The van der Waals surface area contributed by atoms with Crippen molar-refractivity contribution in [3.05, 3.63) is 89.4 Å². The van der Waals surface area contributed by atoms with E-state index in [0.29, 0.717) is 16.4 Å². The predicted molar refractivity (Wildman–Crippen MR) is 127 cm³/mol. The summed E-state index contributed by atoms with van der Waals surface area (Å²) in [7, 11) is 0. The number of aliphatic carboxylic acids is 1. The number of carbonyl (C=O) groups is 3. The molecule has 3 aromatic carbocycles. The van der Waals surface area contributed by atoms with Crippen molar-refractivity contribution in [3.8, 4) is 0 Å². The molecule has 0 spiro atoms. The molecule has 0 radical (unpaired) electrons. The number of nitrogens with one attached hydrogen (secondary N) is 2. The van der Waals surface area contributed by atoms with E-state index in [1.807, 2.05) is 30.3 Å². The van der Waals surface area contributed by atoms with Crippen molar-refractivity contribution in [2.45, 2.75) is 23.0 Å². The van der Waals surface area contributed by atoms with Crippen molar-refractivity contribution in [2.24, 2.45) is 0 Å². The van der Waals surface area contributed by atoms with Gasteiger partial charge < -0.3 is 15.7 Å². The second kappa shape index (κ2) is 11.4. The molecule has 0 saturated heterocycles. The molecule has 32 heavy (non-hydrogen) atoms. The number of carboxylic acids is 1. The number of hydrogen-bond acceptors (Lipinski definition) is 4. The normalized spacial score (nSPS) is 11.4. The molecule has 0 aliphatic rings. The Morgan fingerprint density at radius 3 is 2.22 bits per heavy atom. The van der Waals surface area contributed by atoms with E-state index >= 15 is 0 Å². The number of rotatable bonds is 9. The van der Waals surface area contributed by atoms with Gasteiger partial charge in [-0.2, -0.15) is 0 Å². The van der Waals surface area contributed by atoms with Crippen molar-refractivity contribution >= 4 is 52.5 Å². The van der Waals surface area contributed by atoms with E-state index in [1.165, 1.54) is 11.8 Å². The summed E-state index contributed by atoms with van der Waals surface area (Å²) in [6, 6.07) is 23.5. The molecule has 0 aliphatic heterocycles. The number of anilines is 2. The quantitative estimate of drug-likeness (QED) is 0.354. The smallest absolute Gasteiger partial charge is 0.303 e. The molecule has 3 rings (SSSR count). The molecule has 8 heteroatoms. The molecule has 0 fully saturated rings. The van der Waals surface area contributed by atoms with Gasteiger partial charge in [0.15, 0.2) is 0 Å². The number of carboxylic acid groups (broad SMARTS) is 1. The Morgan fingerprint density at radius 1 is 0.844 bits per heavy atom. The Bertz CT molecular complexity index is 1090. The van der Waals surface area contributed by atoms with E-state index in [9.17, 15) is 14.4 Å². The first-order chi connectivity index (χ1) is 15.4. The van der Waals surface area contributed by atoms with E-state index in [1.54, 1.807) is 48.5 Å². The highest BCUT2D eigenvalue weighted by Gasteiger charge is 2.22. The lowest BCUT2D eigenvalue weighted by Crippen LogP contribution is -2.19. The number of benzene rings is 3. The number of thioether (sulfide) groups is 1. The van der Waals surface area contributed by atoms with Crippen LogP contribution in [0.25, 0.3) is 0 Å². The maximum absolute atomic E-state index is 13.1. The summed E-state index contributed by atoms with van der Waals surface area (Å²) in [4.78, 5) is 36.3. The molecule has 1 atom stereocenters. The average Bonchev–Trinajstić information content (AvgIpc) is 2.77. The Morgan fingerprint density at radius 2 is 1.56 bits per heavy atom. The van der Waals surface area contributed by atoms with Gasteiger partial charge in [0.25, 0.3) is 0 Å². The summed E-state index contributed by atoms with van der Waals surface area (Å²) in [6.45, 7) is 0. The van der Waals surface area contributed by atoms with E-state index < -0.39 is 11.2 Å². The third-order valence-corrected chi connectivity index (χ3v) is 5.89. The average molecular weight is 469 g/mol. The topological polar surface area (TPSA) is 95.5 Å². The van der Waals surface area contributed by atoms with E-state index in [-0.39, 0.29) is 24.7 Å². The molecular formula is C24H21ClN2O4S. The Hall–Kier alpha value is -3.29. The van der Waals surface area contributed by atoms with Gasteiger partial charge in [0, 0.05) is 27.7 Å². The van der Waals surface area contributed by atoms with Crippen molar-refractivity contribution in [1.82, 2.24) is 0 Å². The fourth-order valence-corrected chi connectivity index (χ4v) is 4.09. The van der Waals surface area contributed by atoms with E-state index in [4.69, 9.17) is 16.7 Å². The zero-order valence-electron chi connectivity index (χ0n) is 17.0. The molecular weight excluding hydrogens is 448 g/mol. The minimum absolute atomic E-state index is 0.0917. The highest BCUT2D eigenvalue weighted by molar-refractivity contribution is 8.00. The highest BCUT2D eigenvalue weighted by Crippen LogP contribution is 2.36. The number of halogens is 1. The molecule has 2 amide bonds. The van der Waals surface area contributed by atoms with Gasteiger partial charge in [0.2, 0.25) is 11.8 Å². The van der Waals surface area contributed by atoms with Crippen molar-refractivity contribution < 1.29 is 19.5 Å². The molecule has 164 valence electrons. The van der Waals surface area contributed by atoms with Crippen LogP contribution in [0.5, 0.6) is 0 Å². The van der Waals surface area contributed by atoms with Crippen LogP contribution in [0.15, 0.2) is 83.8 Å². The van der Waals surface area contributed by atoms with Gasteiger partial charge >= 0.3 is 5.97 Å². The standard InChI is InChI=1S/C24H21ClN2O4S/c25-17-7-4-8-19(15-17)27-24(31)23(16-5-2-1-3-6-16)32-20-11-9-18(10-12-20)26-21(28)13-14-22(29)30/h1-12,15,23H,13-14H2,(H,26,28)(H,27,31)(H,29,30). The van der Waals surface area contributed by atoms with Crippen LogP contribution in [0.3, 0.4) is 0 Å². The Balaban J connectivity index is 1.71. The molecule has 0 bridgehead atoms. The van der Waals surface area contributed by atoms with Crippen LogP contribution in [-0.4, -0.2) is 22.9 Å². The third-order valence-electron chi connectivity index (χ3n) is 4.39. The first-order valence-corrected chi connectivity index (χ1v) is 11.1. The van der Waals surface area contributed by atoms with Crippen LogP contribution in [0, 0.1) is 0 Å². The number of amides is 2. The zero-order valence-corrected chi connectivity index (χ0v) is 18.5. The molecule has 1 unspecified atom stereocenters. The van der Waals surface area contributed by atoms with Gasteiger partial charge in [-0.3, -0.25) is 14.4 Å². The fourth-order valence-electron chi connectivity index (χ4n) is 2.87. The van der Waals surface area contributed by atoms with Crippen LogP contribution in [0.2, 0.25) is 5.02 Å². The van der Waals surface area contributed by atoms with Crippen molar-refractivity contribution in [2.75, 3.05) is 10.6 Å². The van der Waals surface area contributed by atoms with Gasteiger partial charge in [-0.1, -0.05) is 48.0 Å². The Labute approximate surface area is 195 Å². The molecule has 0 aromatic heterocycles. The lowest BCUT2D eigenvalue weighted by atomic mass is 10.1. The van der Waals surface area contributed by atoms with Crippen LogP contribution in [-0.2, 0) is 14.4 Å². The van der Waals surface area contributed by atoms with Crippen LogP contribution >= 0.6 is 23.4 Å². The lowest BCUT2D eigenvalue weighted by Gasteiger charge is -2.17. The van der Waals surface area contributed by atoms with Crippen LogP contribution < -0.4 is 10.6 Å². The molecule has 0 saturated carbocycles. The van der Waals surface area contributed by atoms with Gasteiger partial charge in [-0.05, 0) is 48.0 Å². The third kappa shape index (κ3) is 7.14. The first-order valence-electron chi connectivity index (χ1n) is 9.80. The minimum atomic E-state index is -1.02. The molecule has 0 aliphatic carbocycles. The zero-order chi connectivity index (χ0) is 22.9. The van der Waals surface area contributed by atoms with E-state index in [0.717, 1.165) is 10.5 Å². The second-order valence-electron chi connectivity index (χ2n) is 6.87. The summed E-state index contributed by atoms with van der Waals surface area (Å²) in [5.74, 6) is -1.57. The van der Waals surface area contributed by atoms with Gasteiger partial charge in [0.05, 0.1) is 6.42 Å². The summed E-state index contributed by atoms with van der Waals surface area (Å²) < 4.78 is 0. The Kier molecular flexibility index (Phi) is 8.30. The predicted octanol–water partition coefficient (Wildman–Crippen LogP) is 5.62. The summed E-state index contributed by atoms with van der Waals surface area (Å²) >= 11 is 7.40. The fraction of sp³-hybridized carbons (Fsp3) is 0.125. The maximum atomic E-state index is 13.1. The maximum Gasteiger partial charge on any atom is 0.303 e. The molecule has 0 heterocycles. The monoisotopic (exact) mass is 468 g/mol. The second-order valence-corrected chi connectivity index (χ2v) is 8.49. The summed E-state index contributed by atoms with van der Waals surface area (Å²) in [5, 5.41) is 14.3. The van der Waals surface area contributed by atoms with Crippen molar-refractivity contribution in [1.29, 1.82) is 0 Å². The van der Waals surface area contributed by atoms with Crippen molar-refractivity contribution in [3.63, 3.8) is 0 Å². The summed E-state index contributed by atoms with van der Waals surface area (Å²) in [5.41, 5.74) is 2.02. The molecule has 3 aromatic rings. The van der Waals surface area contributed by atoms with Crippen LogP contribution in [0.1, 0.15) is 23.7 Å².